The van der Waals surface area contributed by atoms with Gasteiger partial charge >= 0.3 is 0 Å². The van der Waals surface area contributed by atoms with Crippen LogP contribution < -0.4 is 16.7 Å². The quantitative estimate of drug-likeness (QED) is 0.259. The van der Waals surface area contributed by atoms with Gasteiger partial charge in [-0.2, -0.15) is 15.3 Å². The van der Waals surface area contributed by atoms with Crippen molar-refractivity contribution < 1.29 is 4.79 Å². The van der Waals surface area contributed by atoms with Crippen LogP contribution in [-0.4, -0.2) is 31.9 Å². The molecule has 0 aliphatic rings. The number of nitrogens with zero attached hydrogens (tertiary/aromatic N) is 5. The van der Waals surface area contributed by atoms with Crippen LogP contribution in [-0.2, 0) is 4.79 Å². The Bertz CT molecular complexity index is 1160. The first-order chi connectivity index (χ1) is 14.9. The monoisotopic (exact) mass is 418 g/mol. The lowest BCUT2D eigenvalue weighted by Gasteiger charge is -2.03. The Balaban J connectivity index is 0.000000192. The molecule has 4 aromatic rings. The lowest BCUT2D eigenvalue weighted by atomic mass is 10.2. The van der Waals surface area contributed by atoms with Gasteiger partial charge in [0.05, 0.1) is 12.4 Å². The number of carbonyl (C=O) groups is 1. The second kappa shape index (κ2) is 11.9. The highest BCUT2D eigenvalue weighted by Gasteiger charge is 2.00. The highest BCUT2D eigenvalue weighted by molar-refractivity contribution is 5.91. The smallest absolute Gasteiger partial charge is 0.176 e. The third-order valence-corrected chi connectivity index (χ3v) is 3.66. The molecule has 0 fully saturated rings. The lowest BCUT2D eigenvalue weighted by Crippen LogP contribution is -2.09. The van der Waals surface area contributed by atoms with E-state index in [0.717, 1.165) is 27.3 Å². The molecule has 31 heavy (non-hydrogen) atoms. The van der Waals surface area contributed by atoms with Gasteiger partial charge in [-0.1, -0.05) is 48.5 Å². The van der Waals surface area contributed by atoms with Gasteiger partial charge in [0, 0.05) is 27.3 Å². The van der Waals surface area contributed by atoms with E-state index in [2.05, 4.69) is 36.3 Å². The van der Waals surface area contributed by atoms with Gasteiger partial charge in [0.2, 0.25) is 0 Å². The minimum atomic E-state index is 0.167. The van der Waals surface area contributed by atoms with Crippen LogP contribution in [0.1, 0.15) is 27.7 Å². The van der Waals surface area contributed by atoms with Gasteiger partial charge < -0.3 is 10.2 Å². The van der Waals surface area contributed by atoms with Crippen molar-refractivity contribution in [1.29, 1.82) is 0 Å². The topological polar surface area (TPSA) is 131 Å². The molecule has 0 spiro atoms. The highest BCUT2D eigenvalue weighted by Crippen LogP contribution is 2.19. The van der Waals surface area contributed by atoms with E-state index in [0.29, 0.717) is 11.6 Å². The van der Waals surface area contributed by atoms with E-state index in [1.54, 1.807) is 12.4 Å². The van der Waals surface area contributed by atoms with Crippen LogP contribution in [0.25, 0.3) is 21.5 Å². The molecule has 0 amide bonds. The molecule has 0 saturated carbocycles. The molecule has 9 nitrogen and oxygen atoms in total. The van der Waals surface area contributed by atoms with Crippen molar-refractivity contribution in [3.63, 3.8) is 0 Å². The number of nitrogens with two attached hydrogens (primary N) is 1. The van der Waals surface area contributed by atoms with Crippen molar-refractivity contribution in [2.24, 2.45) is 10.9 Å². The van der Waals surface area contributed by atoms with E-state index in [4.69, 9.17) is 5.84 Å². The number of hydrogen-bond donors (Lipinski definition) is 3. The van der Waals surface area contributed by atoms with Gasteiger partial charge in [0.25, 0.3) is 0 Å². The zero-order valence-electron chi connectivity index (χ0n) is 18.0. The molecular weight excluding hydrogens is 392 g/mol. The van der Waals surface area contributed by atoms with Crippen molar-refractivity contribution in [3.05, 3.63) is 60.9 Å². The molecule has 4 N–H and O–H groups in total. The summed E-state index contributed by atoms with van der Waals surface area (Å²) in [5, 5.41) is 23.7. The van der Waals surface area contributed by atoms with Crippen molar-refractivity contribution in [3.8, 4) is 0 Å². The predicted molar refractivity (Wildman–Crippen MR) is 126 cm³/mol. The van der Waals surface area contributed by atoms with E-state index < -0.39 is 0 Å². The summed E-state index contributed by atoms with van der Waals surface area (Å²) in [7, 11) is 0. The van der Waals surface area contributed by atoms with E-state index in [9.17, 15) is 4.79 Å². The molecule has 0 aliphatic heterocycles. The summed E-state index contributed by atoms with van der Waals surface area (Å²) in [5.74, 6) is 6.72. The third kappa shape index (κ3) is 7.41. The first-order valence-corrected chi connectivity index (χ1v) is 9.54. The number of ketones is 1. The molecule has 0 unspecified atom stereocenters. The minimum Gasteiger partial charge on any atom is -0.306 e. The summed E-state index contributed by atoms with van der Waals surface area (Å²) in [6, 6.07) is 15.7. The minimum absolute atomic E-state index is 0.167. The first-order valence-electron chi connectivity index (χ1n) is 9.54. The standard InChI is InChI=1S/C11H12N4.C8H8N4.C3H6O/c1-8(2)13-15-11-10-6-4-3-5-9(10)7-12-14-11;9-11-8-7-4-2-1-3-6(7)5-10-12-8;1-3(2)4/h3-7H,1-2H3,(H,14,15);1-5H,9H2,(H,11,12);1-2H3. The van der Waals surface area contributed by atoms with Crippen LogP contribution in [0.3, 0.4) is 0 Å². The SMILES string of the molecule is CC(C)=NNc1nncc2ccccc12.CC(C)=O.NNc1nncc2ccccc12. The number of carbonyl (C=O) groups excluding carboxylic acids is 1. The zero-order valence-corrected chi connectivity index (χ0v) is 18.0. The Kier molecular flexibility index (Phi) is 8.93. The molecule has 2 heterocycles. The maximum atomic E-state index is 9.44. The van der Waals surface area contributed by atoms with E-state index in [1.165, 1.54) is 13.8 Å². The number of aromatic nitrogens is 4. The van der Waals surface area contributed by atoms with Gasteiger partial charge in [-0.25, -0.2) is 5.84 Å². The number of anilines is 2. The lowest BCUT2D eigenvalue weighted by molar-refractivity contribution is -0.114. The molecule has 2 aromatic carbocycles. The molecule has 0 radical (unpaired) electrons. The van der Waals surface area contributed by atoms with E-state index >= 15 is 0 Å². The first kappa shape index (κ1) is 23.3. The summed E-state index contributed by atoms with van der Waals surface area (Å²) in [5.41, 5.74) is 6.35. The van der Waals surface area contributed by atoms with Crippen LogP contribution in [0, 0.1) is 0 Å². The number of rotatable bonds is 3. The van der Waals surface area contributed by atoms with Gasteiger partial charge in [-0.3, -0.25) is 5.43 Å². The number of benzene rings is 2. The van der Waals surface area contributed by atoms with Crippen molar-refractivity contribution >= 4 is 44.7 Å². The Morgan fingerprint density at radius 3 is 1.74 bits per heavy atom. The van der Waals surface area contributed by atoms with Gasteiger partial charge in [0.15, 0.2) is 11.6 Å². The second-order valence-electron chi connectivity index (χ2n) is 6.78. The Labute approximate surface area is 180 Å². The summed E-state index contributed by atoms with van der Waals surface area (Å²) < 4.78 is 0. The molecule has 0 atom stereocenters. The number of hydrazone groups is 1. The molecule has 0 aliphatic carbocycles. The molecule has 4 rings (SSSR count). The highest BCUT2D eigenvalue weighted by atomic mass is 16.1. The fourth-order valence-electron chi connectivity index (χ4n) is 2.41. The zero-order chi connectivity index (χ0) is 22.6. The normalized spacial score (nSPS) is 9.58. The summed E-state index contributed by atoms with van der Waals surface area (Å²) in [6.07, 6.45) is 3.44. The molecule has 0 bridgehead atoms. The second-order valence-corrected chi connectivity index (χ2v) is 6.78. The van der Waals surface area contributed by atoms with E-state index in [1.807, 2.05) is 62.4 Å². The Morgan fingerprint density at radius 2 is 1.26 bits per heavy atom. The van der Waals surface area contributed by atoms with Crippen LogP contribution in [0.4, 0.5) is 11.6 Å². The average molecular weight is 419 g/mol. The number of hydrogen-bond acceptors (Lipinski definition) is 9. The number of nitrogen functional groups attached to an aromatic ring is 1. The van der Waals surface area contributed by atoms with Gasteiger partial charge in [-0.05, 0) is 27.7 Å². The molecule has 2 aromatic heterocycles. The van der Waals surface area contributed by atoms with E-state index in [-0.39, 0.29) is 5.78 Å². The largest absolute Gasteiger partial charge is 0.306 e. The van der Waals surface area contributed by atoms with Crippen LogP contribution in [0.5, 0.6) is 0 Å². The third-order valence-electron chi connectivity index (χ3n) is 3.66. The van der Waals surface area contributed by atoms with Crippen LogP contribution >= 0.6 is 0 Å². The number of hydrazine groups is 1. The van der Waals surface area contributed by atoms with Crippen molar-refractivity contribution in [1.82, 2.24) is 20.4 Å². The molecule has 9 heteroatoms. The summed E-state index contributed by atoms with van der Waals surface area (Å²) in [4.78, 5) is 9.44. The van der Waals surface area contributed by atoms with Crippen LogP contribution in [0.15, 0.2) is 66.0 Å². The molecule has 160 valence electrons. The molecular formula is C22H26N8O. The Morgan fingerprint density at radius 1 is 0.806 bits per heavy atom. The number of Topliss-reactive ketones (excluding diaryl/α,β-unsaturated/α-hetero) is 1. The van der Waals surface area contributed by atoms with Crippen LogP contribution in [0.2, 0.25) is 0 Å². The van der Waals surface area contributed by atoms with Crippen molar-refractivity contribution in [2.45, 2.75) is 27.7 Å². The molecule has 0 saturated heterocycles. The summed E-state index contributed by atoms with van der Waals surface area (Å²) >= 11 is 0. The summed E-state index contributed by atoms with van der Waals surface area (Å²) in [6.45, 7) is 6.90. The predicted octanol–water partition coefficient (Wildman–Crippen LogP) is 3.95. The van der Waals surface area contributed by atoms with Gasteiger partial charge in [0.1, 0.15) is 5.78 Å². The van der Waals surface area contributed by atoms with Crippen molar-refractivity contribution in [2.75, 3.05) is 10.9 Å². The maximum Gasteiger partial charge on any atom is 0.176 e. The number of fused-ring (bicyclic) bond motifs is 2. The van der Waals surface area contributed by atoms with Gasteiger partial charge in [-0.15, -0.1) is 10.2 Å². The average Bonchev–Trinajstić information content (AvgIpc) is 2.77. The number of nitrogens with one attached hydrogen (secondary N) is 2. The maximum absolute atomic E-state index is 9.44. The fraction of sp³-hybridized carbons (Fsp3) is 0.182. The Hall–Kier alpha value is -3.98. The fourth-order valence-corrected chi connectivity index (χ4v) is 2.41.